The molecule has 1 rings (SSSR count). The van der Waals surface area contributed by atoms with Crippen LogP contribution in [0.15, 0.2) is 22.9 Å². The van der Waals surface area contributed by atoms with Gasteiger partial charge in [0.1, 0.15) is 4.60 Å². The van der Waals surface area contributed by atoms with Crippen molar-refractivity contribution in [3.05, 3.63) is 22.9 Å². The zero-order valence-electron chi connectivity index (χ0n) is 10.7. The Kier molecular flexibility index (Phi) is 8.40. The number of ether oxygens (including phenoxy) is 1. The van der Waals surface area contributed by atoms with Crippen LogP contribution in [0.5, 0.6) is 0 Å². The second-order valence-electron chi connectivity index (χ2n) is 3.79. The van der Waals surface area contributed by atoms with Crippen LogP contribution in [-0.2, 0) is 4.74 Å². The zero-order chi connectivity index (χ0) is 13.3. The van der Waals surface area contributed by atoms with Crippen molar-refractivity contribution >= 4 is 27.7 Å². The molecule has 0 aliphatic heterocycles. The summed E-state index contributed by atoms with van der Waals surface area (Å²) in [6.45, 7) is 6.64. The summed E-state index contributed by atoms with van der Waals surface area (Å²) in [5.74, 6) is 0.884. The number of nitrogens with one attached hydrogen (secondary N) is 1. The molecule has 17 heavy (non-hydrogen) atoms. The summed E-state index contributed by atoms with van der Waals surface area (Å²) >= 11 is 3.17. The third kappa shape index (κ3) is 8.68. The summed E-state index contributed by atoms with van der Waals surface area (Å²) in [7, 11) is 1.31. The van der Waals surface area contributed by atoms with Crippen molar-refractivity contribution in [1.29, 1.82) is 0 Å². The van der Waals surface area contributed by atoms with Gasteiger partial charge in [-0.3, -0.25) is 5.32 Å². The molecule has 0 saturated heterocycles. The lowest BCUT2D eigenvalue weighted by molar-refractivity contribution is 0.187. The SMILES string of the molecule is CCC(C)C.COC(=O)Nc1ccnc(Br)c1. The summed E-state index contributed by atoms with van der Waals surface area (Å²) in [6.07, 6.45) is 2.39. The highest BCUT2D eigenvalue weighted by Gasteiger charge is 1.99. The van der Waals surface area contributed by atoms with Gasteiger partial charge in [-0.05, 0) is 34.0 Å². The fourth-order valence-corrected chi connectivity index (χ4v) is 1.01. The first-order valence-electron chi connectivity index (χ1n) is 5.46. The fourth-order valence-electron chi connectivity index (χ4n) is 0.649. The van der Waals surface area contributed by atoms with E-state index in [2.05, 4.69) is 51.7 Å². The van der Waals surface area contributed by atoms with Crippen LogP contribution < -0.4 is 5.32 Å². The van der Waals surface area contributed by atoms with E-state index in [1.54, 1.807) is 18.3 Å². The molecule has 0 atom stereocenters. The number of amides is 1. The van der Waals surface area contributed by atoms with Crippen LogP contribution in [0, 0.1) is 5.92 Å². The molecule has 0 radical (unpaired) electrons. The number of halogens is 1. The summed E-state index contributed by atoms with van der Waals surface area (Å²) in [6, 6.07) is 3.35. The summed E-state index contributed by atoms with van der Waals surface area (Å²) in [5, 5.41) is 2.50. The van der Waals surface area contributed by atoms with Crippen molar-refractivity contribution in [3.63, 3.8) is 0 Å². The molecule has 1 N–H and O–H groups in total. The highest BCUT2D eigenvalue weighted by Crippen LogP contribution is 2.12. The molecule has 4 nitrogen and oxygen atoms in total. The van der Waals surface area contributed by atoms with E-state index in [9.17, 15) is 4.79 Å². The topological polar surface area (TPSA) is 51.2 Å². The van der Waals surface area contributed by atoms with Gasteiger partial charge >= 0.3 is 6.09 Å². The minimum absolute atomic E-state index is 0.493. The number of carbonyl (C=O) groups is 1. The molecule has 96 valence electrons. The Labute approximate surface area is 111 Å². The van der Waals surface area contributed by atoms with E-state index >= 15 is 0 Å². The molecule has 1 aromatic heterocycles. The molecule has 0 unspecified atom stereocenters. The van der Waals surface area contributed by atoms with Crippen LogP contribution in [0.25, 0.3) is 0 Å². The number of methoxy groups -OCH3 is 1. The smallest absolute Gasteiger partial charge is 0.411 e. The van der Waals surface area contributed by atoms with Crippen LogP contribution in [0.2, 0.25) is 0 Å². The van der Waals surface area contributed by atoms with Gasteiger partial charge in [0.25, 0.3) is 0 Å². The fraction of sp³-hybridized carbons (Fsp3) is 0.500. The number of hydrogen-bond acceptors (Lipinski definition) is 3. The number of anilines is 1. The van der Waals surface area contributed by atoms with E-state index in [1.807, 2.05) is 0 Å². The molecule has 1 heterocycles. The maximum atomic E-state index is 10.7. The lowest BCUT2D eigenvalue weighted by Crippen LogP contribution is -2.10. The maximum absolute atomic E-state index is 10.7. The normalized spacial score (nSPS) is 9.29. The molecular weight excluding hydrogens is 284 g/mol. The Balaban J connectivity index is 0.000000437. The first-order chi connectivity index (χ1) is 7.99. The van der Waals surface area contributed by atoms with Crippen LogP contribution in [-0.4, -0.2) is 18.2 Å². The second-order valence-corrected chi connectivity index (χ2v) is 4.60. The zero-order valence-corrected chi connectivity index (χ0v) is 12.2. The van der Waals surface area contributed by atoms with Crippen LogP contribution in [0.1, 0.15) is 27.2 Å². The average molecular weight is 303 g/mol. The lowest BCUT2D eigenvalue weighted by atomic mass is 10.2. The van der Waals surface area contributed by atoms with E-state index in [-0.39, 0.29) is 0 Å². The standard InChI is InChI=1S/C7H7BrN2O2.C5H12/c1-12-7(11)10-5-2-3-9-6(8)4-5;1-4-5(2)3/h2-4H,1H3,(H,9,10,11);5H,4H2,1-3H3. The van der Waals surface area contributed by atoms with E-state index in [0.717, 1.165) is 5.92 Å². The molecule has 0 spiro atoms. The van der Waals surface area contributed by atoms with Gasteiger partial charge < -0.3 is 4.74 Å². The monoisotopic (exact) mass is 302 g/mol. The highest BCUT2D eigenvalue weighted by atomic mass is 79.9. The van der Waals surface area contributed by atoms with Gasteiger partial charge in [0, 0.05) is 11.9 Å². The molecule has 0 bridgehead atoms. The van der Waals surface area contributed by atoms with Crippen molar-refractivity contribution in [1.82, 2.24) is 4.98 Å². The Hall–Kier alpha value is -1.10. The van der Waals surface area contributed by atoms with Crippen LogP contribution in [0.3, 0.4) is 0 Å². The minimum Gasteiger partial charge on any atom is -0.453 e. The predicted octanol–water partition coefficient (Wildman–Crippen LogP) is 4.07. The van der Waals surface area contributed by atoms with E-state index < -0.39 is 6.09 Å². The Bertz CT molecular complexity index is 343. The Morgan fingerprint density at radius 1 is 1.59 bits per heavy atom. The number of hydrogen-bond donors (Lipinski definition) is 1. The van der Waals surface area contributed by atoms with Gasteiger partial charge in [0.15, 0.2) is 0 Å². The molecule has 5 heteroatoms. The third-order valence-electron chi connectivity index (χ3n) is 1.97. The highest BCUT2D eigenvalue weighted by molar-refractivity contribution is 9.10. The summed E-state index contributed by atoms with van der Waals surface area (Å²) in [4.78, 5) is 14.6. The summed E-state index contributed by atoms with van der Waals surface area (Å²) < 4.78 is 5.07. The van der Waals surface area contributed by atoms with E-state index in [1.165, 1.54) is 13.5 Å². The van der Waals surface area contributed by atoms with Gasteiger partial charge in [0.2, 0.25) is 0 Å². The number of carbonyl (C=O) groups excluding carboxylic acids is 1. The first-order valence-corrected chi connectivity index (χ1v) is 6.25. The van der Waals surface area contributed by atoms with Gasteiger partial charge in [-0.1, -0.05) is 27.2 Å². The number of pyridine rings is 1. The lowest BCUT2D eigenvalue weighted by Gasteiger charge is -2.02. The molecule has 0 aliphatic rings. The Morgan fingerprint density at radius 2 is 2.18 bits per heavy atom. The molecule has 1 amide bonds. The third-order valence-corrected chi connectivity index (χ3v) is 2.41. The quantitative estimate of drug-likeness (QED) is 0.838. The largest absolute Gasteiger partial charge is 0.453 e. The van der Waals surface area contributed by atoms with Crippen LogP contribution in [0.4, 0.5) is 10.5 Å². The van der Waals surface area contributed by atoms with Crippen molar-refractivity contribution in [2.75, 3.05) is 12.4 Å². The molecule has 0 fully saturated rings. The Morgan fingerprint density at radius 3 is 2.59 bits per heavy atom. The maximum Gasteiger partial charge on any atom is 0.411 e. The minimum atomic E-state index is -0.493. The summed E-state index contributed by atoms with van der Waals surface area (Å²) in [5.41, 5.74) is 0.642. The molecule has 0 aliphatic carbocycles. The van der Waals surface area contributed by atoms with Crippen LogP contribution >= 0.6 is 15.9 Å². The molecule has 0 saturated carbocycles. The molecule has 1 aromatic rings. The van der Waals surface area contributed by atoms with Gasteiger partial charge in [0.05, 0.1) is 7.11 Å². The van der Waals surface area contributed by atoms with Crippen molar-refractivity contribution in [2.24, 2.45) is 5.92 Å². The molecule has 0 aromatic carbocycles. The predicted molar refractivity (Wildman–Crippen MR) is 73.1 cm³/mol. The van der Waals surface area contributed by atoms with E-state index in [4.69, 9.17) is 0 Å². The van der Waals surface area contributed by atoms with Crippen molar-refractivity contribution in [2.45, 2.75) is 27.2 Å². The van der Waals surface area contributed by atoms with Crippen molar-refractivity contribution < 1.29 is 9.53 Å². The average Bonchev–Trinajstić information content (AvgIpc) is 2.29. The van der Waals surface area contributed by atoms with Gasteiger partial charge in [-0.25, -0.2) is 9.78 Å². The first kappa shape index (κ1) is 15.9. The second kappa shape index (κ2) is 8.98. The number of nitrogens with zero attached hydrogens (tertiary/aromatic N) is 1. The number of aromatic nitrogens is 1. The van der Waals surface area contributed by atoms with Gasteiger partial charge in [-0.2, -0.15) is 0 Å². The number of rotatable bonds is 2. The van der Waals surface area contributed by atoms with E-state index in [0.29, 0.717) is 10.3 Å². The molecular formula is C12H19BrN2O2. The van der Waals surface area contributed by atoms with Crippen molar-refractivity contribution in [3.8, 4) is 0 Å². The van der Waals surface area contributed by atoms with Gasteiger partial charge in [-0.15, -0.1) is 0 Å².